The summed E-state index contributed by atoms with van der Waals surface area (Å²) in [6.07, 6.45) is 1.69. The van der Waals surface area contributed by atoms with Crippen LogP contribution < -0.4 is 14.8 Å². The van der Waals surface area contributed by atoms with Crippen molar-refractivity contribution in [3.05, 3.63) is 40.4 Å². The molecule has 0 radical (unpaired) electrons. The van der Waals surface area contributed by atoms with Gasteiger partial charge in [-0.2, -0.15) is 0 Å². The molecular formula is C19H26Cl2N2O2S. The van der Waals surface area contributed by atoms with Crippen LogP contribution in [0.15, 0.2) is 24.8 Å². The highest BCUT2D eigenvalue weighted by Gasteiger charge is 2.58. The van der Waals surface area contributed by atoms with E-state index in [0.717, 1.165) is 18.7 Å². The lowest BCUT2D eigenvalue weighted by Gasteiger charge is -2.30. The molecule has 0 amide bonds. The first-order valence-corrected chi connectivity index (χ1v) is 10.8. The number of piperidine rings is 1. The van der Waals surface area contributed by atoms with Crippen LogP contribution >= 0.6 is 23.2 Å². The number of fused-ring (bicyclic) bond motifs is 1. The quantitative estimate of drug-likeness (QED) is 0.518. The maximum Gasteiger partial charge on any atom is 0.136 e. The van der Waals surface area contributed by atoms with Gasteiger partial charge < -0.3 is 14.6 Å². The molecule has 1 saturated carbocycles. The third-order valence-corrected chi connectivity index (χ3v) is 7.38. The topological polar surface area (TPSA) is 56.3 Å². The summed E-state index contributed by atoms with van der Waals surface area (Å²) in [7, 11) is 0. The van der Waals surface area contributed by atoms with E-state index in [0.29, 0.717) is 40.2 Å². The molecule has 0 spiro atoms. The highest BCUT2D eigenvalue weighted by molar-refractivity contribution is 7.90. The van der Waals surface area contributed by atoms with Crippen molar-refractivity contribution in [1.29, 1.82) is 0 Å². The number of ether oxygens (including phenoxy) is 1. The van der Waals surface area contributed by atoms with Crippen molar-refractivity contribution >= 4 is 34.6 Å². The third kappa shape index (κ3) is 4.18. The van der Waals surface area contributed by atoms with Crippen molar-refractivity contribution in [2.24, 2.45) is 17.8 Å². The third-order valence-electron chi connectivity index (χ3n) is 5.08. The van der Waals surface area contributed by atoms with E-state index in [-0.39, 0.29) is 10.8 Å². The Bertz CT molecular complexity index is 670. The smallest absolute Gasteiger partial charge is 0.136 e. The van der Waals surface area contributed by atoms with Gasteiger partial charge in [-0.25, -0.2) is 0 Å². The van der Waals surface area contributed by atoms with Crippen molar-refractivity contribution in [3.63, 3.8) is 0 Å². The van der Waals surface area contributed by atoms with E-state index in [1.165, 1.54) is 0 Å². The van der Waals surface area contributed by atoms with E-state index in [1.807, 2.05) is 26.8 Å². The number of nitrogens with one attached hydrogen (secondary N) is 2. The molecule has 0 aromatic heterocycles. The summed E-state index contributed by atoms with van der Waals surface area (Å²) in [5.41, 5.74) is 0.915. The molecule has 1 aliphatic heterocycles. The van der Waals surface area contributed by atoms with E-state index >= 15 is 0 Å². The molecule has 1 aromatic carbocycles. The zero-order valence-electron chi connectivity index (χ0n) is 15.4. The van der Waals surface area contributed by atoms with Crippen molar-refractivity contribution in [3.8, 4) is 5.75 Å². The summed E-state index contributed by atoms with van der Waals surface area (Å²) in [4.78, 5) is 0. The fourth-order valence-electron chi connectivity index (χ4n) is 3.66. The molecule has 0 bridgehead atoms. The van der Waals surface area contributed by atoms with E-state index in [9.17, 15) is 4.55 Å². The van der Waals surface area contributed by atoms with Gasteiger partial charge in [0.2, 0.25) is 0 Å². The summed E-state index contributed by atoms with van der Waals surface area (Å²) in [5, 5.41) is 4.34. The number of rotatable bonds is 7. The maximum atomic E-state index is 12.8. The monoisotopic (exact) mass is 416 g/mol. The van der Waals surface area contributed by atoms with Crippen LogP contribution in [0.5, 0.6) is 5.75 Å². The first kappa shape index (κ1) is 20.3. The van der Waals surface area contributed by atoms with E-state index in [1.54, 1.807) is 12.1 Å². The number of benzene rings is 1. The van der Waals surface area contributed by atoms with Gasteiger partial charge in [0.15, 0.2) is 0 Å². The average Bonchev–Trinajstić information content (AvgIpc) is 3.02. The summed E-state index contributed by atoms with van der Waals surface area (Å²) in [6, 6.07) is 3.50. The molecule has 1 heterocycles. The molecule has 3 rings (SSSR count). The molecule has 1 aliphatic carbocycles. The van der Waals surface area contributed by atoms with Crippen molar-refractivity contribution in [2.75, 3.05) is 19.7 Å². The highest BCUT2D eigenvalue weighted by Crippen LogP contribution is 2.57. The summed E-state index contributed by atoms with van der Waals surface area (Å²) in [6.45, 7) is 12.0. The standard InChI is InChI=1S/C19H26Cl2N2O2S/c1-5-6-25-16-8-15(21)14(20)7-11(16)18(23-26(24)19(2,3)4)17-12-9-22-10-13(12)17/h5,7-8,12-13,17-18,22-23H,1,6,9-10H2,2-4H3/t12-,13+,17+,18?,26?. The Morgan fingerprint density at radius 1 is 1.35 bits per heavy atom. The SMILES string of the molecule is C=CCOc1cc(Cl)c(Cl)cc1C(N[S+]([O-])C(C)(C)C)[C@H]1[C@@H]2CNC[C@@H]21. The fraction of sp³-hybridized carbons (Fsp3) is 0.579. The zero-order chi connectivity index (χ0) is 19.1. The molecule has 1 aromatic rings. The van der Waals surface area contributed by atoms with Crippen LogP contribution in [0.2, 0.25) is 10.0 Å². The minimum absolute atomic E-state index is 0.0956. The van der Waals surface area contributed by atoms with Crippen molar-refractivity contribution < 1.29 is 9.29 Å². The Kier molecular flexibility index (Phi) is 6.17. The molecule has 2 aliphatic rings. The Labute approximate surface area is 169 Å². The number of hydrogen-bond donors (Lipinski definition) is 2. The molecular weight excluding hydrogens is 391 g/mol. The molecule has 2 fully saturated rings. The Morgan fingerprint density at radius 2 is 1.96 bits per heavy atom. The molecule has 5 atom stereocenters. The Hall–Kier alpha value is -0.430. The summed E-state index contributed by atoms with van der Waals surface area (Å²) in [5.74, 6) is 2.25. The molecule has 2 unspecified atom stereocenters. The second-order valence-electron chi connectivity index (χ2n) is 7.94. The molecule has 7 heteroatoms. The van der Waals surface area contributed by atoms with Crippen LogP contribution in [0, 0.1) is 17.8 Å². The molecule has 2 N–H and O–H groups in total. The highest BCUT2D eigenvalue weighted by atomic mass is 35.5. The Balaban J connectivity index is 1.95. The minimum atomic E-state index is -1.20. The Morgan fingerprint density at radius 3 is 2.54 bits per heavy atom. The van der Waals surface area contributed by atoms with Gasteiger partial charge in [0, 0.05) is 23.0 Å². The molecule has 144 valence electrons. The van der Waals surface area contributed by atoms with Gasteiger partial charge >= 0.3 is 0 Å². The van der Waals surface area contributed by atoms with Crippen LogP contribution in [0.25, 0.3) is 0 Å². The van der Waals surface area contributed by atoms with Gasteiger partial charge in [-0.1, -0.05) is 35.9 Å². The average molecular weight is 417 g/mol. The predicted molar refractivity (Wildman–Crippen MR) is 109 cm³/mol. The lowest BCUT2D eigenvalue weighted by molar-refractivity contribution is 0.349. The van der Waals surface area contributed by atoms with Gasteiger partial charge in [0.25, 0.3) is 0 Å². The van der Waals surface area contributed by atoms with Gasteiger partial charge in [-0.15, -0.1) is 4.72 Å². The normalized spacial score (nSPS) is 26.9. The lowest BCUT2D eigenvalue weighted by atomic mass is 9.99. The van der Waals surface area contributed by atoms with Crippen LogP contribution in [0.3, 0.4) is 0 Å². The van der Waals surface area contributed by atoms with Gasteiger partial charge in [-0.3, -0.25) is 0 Å². The second-order valence-corrected chi connectivity index (χ2v) is 10.8. The summed E-state index contributed by atoms with van der Waals surface area (Å²) >= 11 is 11.3. The molecule has 26 heavy (non-hydrogen) atoms. The van der Waals surface area contributed by atoms with Crippen molar-refractivity contribution in [2.45, 2.75) is 31.6 Å². The summed E-state index contributed by atoms with van der Waals surface area (Å²) < 4.78 is 21.7. The lowest BCUT2D eigenvalue weighted by Crippen LogP contribution is -2.42. The molecule has 1 saturated heterocycles. The van der Waals surface area contributed by atoms with Crippen LogP contribution in [-0.2, 0) is 11.4 Å². The van der Waals surface area contributed by atoms with E-state index in [4.69, 9.17) is 27.9 Å². The zero-order valence-corrected chi connectivity index (χ0v) is 17.7. The van der Waals surface area contributed by atoms with E-state index < -0.39 is 11.4 Å². The number of halogens is 2. The van der Waals surface area contributed by atoms with Gasteiger partial charge in [0.05, 0.1) is 16.1 Å². The van der Waals surface area contributed by atoms with Gasteiger partial charge in [0.1, 0.15) is 17.1 Å². The fourth-order valence-corrected chi connectivity index (χ4v) is 4.86. The first-order valence-electron chi connectivity index (χ1n) is 8.85. The number of hydrogen-bond acceptors (Lipinski definition) is 4. The van der Waals surface area contributed by atoms with Crippen LogP contribution in [0.4, 0.5) is 0 Å². The van der Waals surface area contributed by atoms with Gasteiger partial charge in [-0.05, 0) is 57.7 Å². The van der Waals surface area contributed by atoms with Crippen molar-refractivity contribution in [1.82, 2.24) is 10.0 Å². The predicted octanol–water partition coefficient (Wildman–Crippen LogP) is 4.12. The maximum absolute atomic E-state index is 12.8. The largest absolute Gasteiger partial charge is 0.598 e. The minimum Gasteiger partial charge on any atom is -0.598 e. The van der Waals surface area contributed by atoms with E-state index in [2.05, 4.69) is 16.6 Å². The first-order chi connectivity index (χ1) is 12.2. The second kappa shape index (κ2) is 7.90. The van der Waals surface area contributed by atoms with Crippen LogP contribution in [0.1, 0.15) is 32.4 Å². The molecule has 4 nitrogen and oxygen atoms in total. The van der Waals surface area contributed by atoms with Crippen LogP contribution in [-0.4, -0.2) is 29.0 Å².